The van der Waals surface area contributed by atoms with Crippen LogP contribution in [0, 0.1) is 0 Å². The molecule has 0 aliphatic heterocycles. The zero-order valence-corrected chi connectivity index (χ0v) is 19.9. The highest BCUT2D eigenvalue weighted by Crippen LogP contribution is 2.29. The summed E-state index contributed by atoms with van der Waals surface area (Å²) in [5.74, 6) is 2.34. The fourth-order valence-corrected chi connectivity index (χ4v) is 2.77. The van der Waals surface area contributed by atoms with Gasteiger partial charge in [-0.15, -0.1) is 24.0 Å². The quantitative estimate of drug-likeness (QED) is 0.216. The van der Waals surface area contributed by atoms with Gasteiger partial charge in [0.15, 0.2) is 5.96 Å². The van der Waals surface area contributed by atoms with Crippen molar-refractivity contribution in [2.75, 3.05) is 33.9 Å². The molecular formula is C22H32IN3O3. The Morgan fingerprint density at radius 1 is 1.07 bits per heavy atom. The Kier molecular flexibility index (Phi) is 12.1. The molecule has 2 aromatic rings. The third kappa shape index (κ3) is 8.49. The lowest BCUT2D eigenvalue weighted by atomic mass is 10.1. The minimum absolute atomic E-state index is 0. The van der Waals surface area contributed by atoms with Crippen LogP contribution in [0.4, 0.5) is 0 Å². The number of halogens is 1. The summed E-state index contributed by atoms with van der Waals surface area (Å²) in [7, 11) is 3.33. The second-order valence-electron chi connectivity index (χ2n) is 6.27. The van der Waals surface area contributed by atoms with Crippen molar-refractivity contribution in [3.05, 3.63) is 59.7 Å². The first-order chi connectivity index (χ1) is 13.7. The molecule has 2 N–H and O–H groups in total. The molecule has 0 heterocycles. The van der Waals surface area contributed by atoms with E-state index in [2.05, 4.69) is 34.7 Å². The molecule has 2 aromatic carbocycles. The fourth-order valence-electron chi connectivity index (χ4n) is 2.77. The molecule has 6 nitrogen and oxygen atoms in total. The van der Waals surface area contributed by atoms with Crippen LogP contribution >= 0.6 is 24.0 Å². The van der Waals surface area contributed by atoms with Crippen LogP contribution in [0.15, 0.2) is 53.5 Å². The zero-order chi connectivity index (χ0) is 20.2. The molecule has 0 saturated heterocycles. The minimum atomic E-state index is -0.00640. The molecule has 160 valence electrons. The van der Waals surface area contributed by atoms with Gasteiger partial charge in [0.05, 0.1) is 40.0 Å². The molecule has 1 atom stereocenters. The molecule has 0 aromatic heterocycles. The lowest BCUT2D eigenvalue weighted by Crippen LogP contribution is -2.39. The summed E-state index contributed by atoms with van der Waals surface area (Å²) in [5.41, 5.74) is 2.17. The van der Waals surface area contributed by atoms with Gasteiger partial charge in [0.2, 0.25) is 0 Å². The van der Waals surface area contributed by atoms with Crippen molar-refractivity contribution < 1.29 is 14.2 Å². The van der Waals surface area contributed by atoms with E-state index in [-0.39, 0.29) is 30.0 Å². The van der Waals surface area contributed by atoms with Crippen LogP contribution in [0.25, 0.3) is 0 Å². The van der Waals surface area contributed by atoms with Crippen LogP contribution in [-0.2, 0) is 11.3 Å². The molecule has 0 fully saturated rings. The van der Waals surface area contributed by atoms with E-state index in [0.717, 1.165) is 35.1 Å². The van der Waals surface area contributed by atoms with E-state index in [4.69, 9.17) is 14.2 Å². The minimum Gasteiger partial charge on any atom is -0.497 e. The summed E-state index contributed by atoms with van der Waals surface area (Å²) in [6, 6.07) is 15.9. The number of nitrogens with one attached hydrogen (secondary N) is 2. The number of hydrogen-bond donors (Lipinski definition) is 2. The molecule has 7 heteroatoms. The third-order valence-corrected chi connectivity index (χ3v) is 4.22. The average molecular weight is 513 g/mol. The number of hydrogen-bond acceptors (Lipinski definition) is 4. The van der Waals surface area contributed by atoms with E-state index in [0.29, 0.717) is 19.8 Å². The van der Waals surface area contributed by atoms with E-state index in [1.807, 2.05) is 43.3 Å². The molecular weight excluding hydrogens is 481 g/mol. The lowest BCUT2D eigenvalue weighted by molar-refractivity contribution is 0.128. The predicted molar refractivity (Wildman–Crippen MR) is 129 cm³/mol. The Bertz CT molecular complexity index is 741. The molecule has 0 aliphatic carbocycles. The molecule has 0 bridgehead atoms. The summed E-state index contributed by atoms with van der Waals surface area (Å²) in [6.07, 6.45) is 0. The van der Waals surface area contributed by atoms with E-state index < -0.39 is 0 Å². The SMILES string of the molecule is CCNC(=NCCOCc1ccccc1)NC(C)c1cc(OC)ccc1OC.I. The average Bonchev–Trinajstić information content (AvgIpc) is 2.73. The van der Waals surface area contributed by atoms with Gasteiger partial charge in [0.25, 0.3) is 0 Å². The summed E-state index contributed by atoms with van der Waals surface area (Å²) >= 11 is 0. The van der Waals surface area contributed by atoms with Gasteiger partial charge in [-0.1, -0.05) is 30.3 Å². The van der Waals surface area contributed by atoms with Crippen molar-refractivity contribution in [3.63, 3.8) is 0 Å². The van der Waals surface area contributed by atoms with Crippen molar-refractivity contribution >= 4 is 29.9 Å². The smallest absolute Gasteiger partial charge is 0.191 e. The van der Waals surface area contributed by atoms with Crippen LogP contribution in [0.5, 0.6) is 11.5 Å². The Morgan fingerprint density at radius 2 is 1.83 bits per heavy atom. The molecule has 0 saturated carbocycles. The van der Waals surface area contributed by atoms with Gasteiger partial charge < -0.3 is 24.8 Å². The summed E-state index contributed by atoms with van der Waals surface area (Å²) in [6.45, 7) is 6.61. The van der Waals surface area contributed by atoms with Gasteiger partial charge in [-0.25, -0.2) is 0 Å². The van der Waals surface area contributed by atoms with Gasteiger partial charge in [-0.05, 0) is 37.6 Å². The Balaban J connectivity index is 0.00000420. The topological polar surface area (TPSA) is 64.1 Å². The van der Waals surface area contributed by atoms with Crippen molar-refractivity contribution in [1.82, 2.24) is 10.6 Å². The van der Waals surface area contributed by atoms with Crippen LogP contribution in [0.2, 0.25) is 0 Å². The highest BCUT2D eigenvalue weighted by molar-refractivity contribution is 14.0. The van der Waals surface area contributed by atoms with E-state index in [1.165, 1.54) is 0 Å². The first kappa shape index (κ1) is 25.0. The fraction of sp³-hybridized carbons (Fsp3) is 0.409. The monoisotopic (exact) mass is 513 g/mol. The Labute approximate surface area is 191 Å². The maximum Gasteiger partial charge on any atom is 0.191 e. The number of rotatable bonds is 10. The number of ether oxygens (including phenoxy) is 3. The van der Waals surface area contributed by atoms with E-state index >= 15 is 0 Å². The standard InChI is InChI=1S/C22H31N3O3.HI/c1-5-23-22(24-13-14-28-16-18-9-7-6-8-10-18)25-17(2)20-15-19(26-3)11-12-21(20)27-4;/h6-12,15,17H,5,13-14,16H2,1-4H3,(H2,23,24,25);1H. The molecule has 0 spiro atoms. The van der Waals surface area contributed by atoms with E-state index in [1.54, 1.807) is 14.2 Å². The highest BCUT2D eigenvalue weighted by Gasteiger charge is 2.14. The van der Waals surface area contributed by atoms with Gasteiger partial charge in [-0.2, -0.15) is 0 Å². The Hall–Kier alpha value is -2.00. The van der Waals surface area contributed by atoms with Gasteiger partial charge in [0, 0.05) is 12.1 Å². The molecule has 0 aliphatic rings. The number of aliphatic imine (C=N–C) groups is 1. The summed E-state index contributed by atoms with van der Waals surface area (Å²) in [4.78, 5) is 4.61. The van der Waals surface area contributed by atoms with E-state index in [9.17, 15) is 0 Å². The number of guanidine groups is 1. The van der Waals surface area contributed by atoms with Gasteiger partial charge in [0.1, 0.15) is 11.5 Å². The predicted octanol–water partition coefficient (Wildman–Crippen LogP) is 4.15. The van der Waals surface area contributed by atoms with Crippen molar-refractivity contribution in [1.29, 1.82) is 0 Å². The normalized spacial score (nSPS) is 11.9. The summed E-state index contributed by atoms with van der Waals surface area (Å²) < 4.78 is 16.5. The maximum atomic E-state index is 5.71. The van der Waals surface area contributed by atoms with Crippen LogP contribution in [0.1, 0.15) is 31.0 Å². The number of methoxy groups -OCH3 is 2. The van der Waals surface area contributed by atoms with Gasteiger partial charge in [-0.3, -0.25) is 4.99 Å². The maximum absolute atomic E-state index is 5.71. The second kappa shape index (κ2) is 14.1. The van der Waals surface area contributed by atoms with Crippen molar-refractivity contribution in [2.45, 2.75) is 26.5 Å². The van der Waals surface area contributed by atoms with Gasteiger partial charge >= 0.3 is 0 Å². The number of benzene rings is 2. The molecule has 0 amide bonds. The molecule has 0 radical (unpaired) electrons. The second-order valence-corrected chi connectivity index (χ2v) is 6.27. The molecule has 2 rings (SSSR count). The van der Waals surface area contributed by atoms with Crippen LogP contribution < -0.4 is 20.1 Å². The van der Waals surface area contributed by atoms with Crippen molar-refractivity contribution in [2.24, 2.45) is 4.99 Å². The highest BCUT2D eigenvalue weighted by atomic mass is 127. The van der Waals surface area contributed by atoms with Crippen molar-refractivity contribution in [3.8, 4) is 11.5 Å². The number of nitrogens with zero attached hydrogens (tertiary/aromatic N) is 1. The first-order valence-corrected chi connectivity index (χ1v) is 9.56. The first-order valence-electron chi connectivity index (χ1n) is 9.56. The largest absolute Gasteiger partial charge is 0.497 e. The lowest BCUT2D eigenvalue weighted by Gasteiger charge is -2.20. The molecule has 1 unspecified atom stereocenters. The third-order valence-electron chi connectivity index (χ3n) is 4.22. The van der Waals surface area contributed by atoms with Crippen LogP contribution in [-0.4, -0.2) is 39.9 Å². The Morgan fingerprint density at radius 3 is 2.48 bits per heavy atom. The molecule has 29 heavy (non-hydrogen) atoms. The van der Waals surface area contributed by atoms with Crippen LogP contribution in [0.3, 0.4) is 0 Å². The summed E-state index contributed by atoms with van der Waals surface area (Å²) in [5, 5.41) is 6.69. The zero-order valence-electron chi connectivity index (χ0n) is 17.6.